The maximum atomic E-state index is 11.4. The lowest BCUT2D eigenvalue weighted by molar-refractivity contribution is 0.0519. The van der Waals surface area contributed by atoms with Gasteiger partial charge < -0.3 is 19.2 Å². The Labute approximate surface area is 99.2 Å². The van der Waals surface area contributed by atoms with E-state index in [9.17, 15) is 9.90 Å². The molecule has 1 atom stereocenters. The molecule has 0 amide bonds. The van der Waals surface area contributed by atoms with Gasteiger partial charge in [-0.15, -0.1) is 0 Å². The lowest BCUT2D eigenvalue weighted by Gasteiger charge is -2.28. The summed E-state index contributed by atoms with van der Waals surface area (Å²) >= 11 is 0. The minimum absolute atomic E-state index is 0.168. The highest BCUT2D eigenvalue weighted by atomic mass is 16.5. The largest absolute Gasteiger partial charge is 0.461 e. The molecule has 0 spiro atoms. The van der Waals surface area contributed by atoms with Crippen molar-refractivity contribution < 1.29 is 19.1 Å². The van der Waals surface area contributed by atoms with Gasteiger partial charge in [-0.1, -0.05) is 0 Å². The van der Waals surface area contributed by atoms with Crippen LogP contribution in [0, 0.1) is 0 Å². The van der Waals surface area contributed by atoms with Gasteiger partial charge in [0, 0.05) is 13.1 Å². The van der Waals surface area contributed by atoms with Crippen LogP contribution in [0.15, 0.2) is 10.7 Å². The van der Waals surface area contributed by atoms with Gasteiger partial charge in [0.15, 0.2) is 5.69 Å². The molecule has 1 saturated heterocycles. The molecule has 1 aromatic heterocycles. The predicted octanol–water partition coefficient (Wildman–Crippen LogP) is 0.812. The van der Waals surface area contributed by atoms with E-state index in [-0.39, 0.29) is 11.8 Å². The van der Waals surface area contributed by atoms with Crippen LogP contribution in [0.25, 0.3) is 0 Å². The number of carbonyl (C=O) groups is 1. The van der Waals surface area contributed by atoms with E-state index in [1.807, 2.05) is 4.90 Å². The van der Waals surface area contributed by atoms with E-state index in [4.69, 9.17) is 9.15 Å². The van der Waals surface area contributed by atoms with Crippen LogP contribution in [0.2, 0.25) is 0 Å². The first kappa shape index (κ1) is 11.9. The van der Waals surface area contributed by atoms with E-state index in [0.29, 0.717) is 19.2 Å². The number of anilines is 1. The molecule has 17 heavy (non-hydrogen) atoms. The van der Waals surface area contributed by atoms with Gasteiger partial charge in [-0.3, -0.25) is 0 Å². The number of ether oxygens (including phenoxy) is 1. The van der Waals surface area contributed by atoms with Gasteiger partial charge in [0.25, 0.3) is 6.01 Å². The Morgan fingerprint density at radius 1 is 1.76 bits per heavy atom. The molecular formula is C11H16N2O4. The number of aromatic nitrogens is 1. The van der Waals surface area contributed by atoms with Crippen molar-refractivity contribution in [3.63, 3.8) is 0 Å². The van der Waals surface area contributed by atoms with Gasteiger partial charge in [-0.05, 0) is 19.8 Å². The molecule has 0 bridgehead atoms. The summed E-state index contributed by atoms with van der Waals surface area (Å²) in [4.78, 5) is 17.3. The number of hydrogen-bond acceptors (Lipinski definition) is 6. The molecule has 6 heteroatoms. The van der Waals surface area contributed by atoms with Crippen LogP contribution in [0.3, 0.4) is 0 Å². The van der Waals surface area contributed by atoms with Crippen molar-refractivity contribution in [2.75, 3.05) is 24.6 Å². The van der Waals surface area contributed by atoms with Crippen LogP contribution < -0.4 is 4.90 Å². The molecule has 0 aliphatic carbocycles. The number of aliphatic hydroxyl groups excluding tert-OH is 1. The van der Waals surface area contributed by atoms with Gasteiger partial charge in [-0.2, -0.15) is 4.98 Å². The molecule has 2 heterocycles. The summed E-state index contributed by atoms with van der Waals surface area (Å²) in [5.74, 6) is -0.486. The minimum atomic E-state index is -0.486. The minimum Gasteiger partial charge on any atom is -0.461 e. The normalized spacial score (nSPS) is 20.4. The molecule has 1 fully saturated rings. The van der Waals surface area contributed by atoms with E-state index in [1.165, 1.54) is 6.26 Å². The van der Waals surface area contributed by atoms with E-state index in [0.717, 1.165) is 19.4 Å². The maximum Gasteiger partial charge on any atom is 0.360 e. The summed E-state index contributed by atoms with van der Waals surface area (Å²) in [6.07, 6.45) is 2.61. The molecule has 0 radical (unpaired) electrons. The van der Waals surface area contributed by atoms with Gasteiger partial charge >= 0.3 is 5.97 Å². The Hall–Kier alpha value is -1.56. The summed E-state index contributed by atoms with van der Waals surface area (Å²) in [6, 6.07) is 0.367. The first-order valence-corrected chi connectivity index (χ1v) is 5.76. The molecule has 1 N–H and O–H groups in total. The molecule has 1 aromatic rings. The summed E-state index contributed by atoms with van der Waals surface area (Å²) in [7, 11) is 0. The van der Waals surface area contributed by atoms with E-state index in [1.54, 1.807) is 6.92 Å². The van der Waals surface area contributed by atoms with E-state index >= 15 is 0 Å². The first-order valence-electron chi connectivity index (χ1n) is 5.76. The number of piperidine rings is 1. The van der Waals surface area contributed by atoms with Gasteiger partial charge in [0.1, 0.15) is 6.26 Å². The van der Waals surface area contributed by atoms with Crippen molar-refractivity contribution in [3.8, 4) is 0 Å². The second kappa shape index (κ2) is 5.18. The van der Waals surface area contributed by atoms with Crippen LogP contribution in [0.5, 0.6) is 0 Å². The molecule has 6 nitrogen and oxygen atoms in total. The first-order chi connectivity index (χ1) is 8.20. The van der Waals surface area contributed by atoms with Crippen LogP contribution in [0.1, 0.15) is 30.3 Å². The fraction of sp³-hybridized carbons (Fsp3) is 0.636. The molecule has 1 aliphatic heterocycles. The highest BCUT2D eigenvalue weighted by Crippen LogP contribution is 2.19. The number of aliphatic hydroxyl groups is 1. The van der Waals surface area contributed by atoms with E-state index in [2.05, 4.69) is 4.98 Å². The summed E-state index contributed by atoms with van der Waals surface area (Å²) in [6.45, 7) is 3.31. The standard InChI is InChI=1S/C11H16N2O4/c1-2-16-10(15)9-7-17-11(12-9)13-5-3-4-8(14)6-13/h7-8,14H,2-6H2,1H3. The Morgan fingerprint density at radius 3 is 3.29 bits per heavy atom. The number of rotatable bonds is 3. The monoisotopic (exact) mass is 240 g/mol. The molecule has 0 saturated carbocycles. The SMILES string of the molecule is CCOC(=O)c1coc(N2CCCC(O)C2)n1. The van der Waals surface area contributed by atoms with Crippen LogP contribution in [0.4, 0.5) is 6.01 Å². The number of carbonyl (C=O) groups excluding carboxylic acids is 1. The third-order valence-corrected chi connectivity index (χ3v) is 2.64. The second-order valence-corrected chi connectivity index (χ2v) is 3.98. The summed E-state index contributed by atoms with van der Waals surface area (Å²) in [5.41, 5.74) is 0.168. The molecule has 1 unspecified atom stereocenters. The summed E-state index contributed by atoms with van der Waals surface area (Å²) < 4.78 is 10.0. The van der Waals surface area contributed by atoms with Gasteiger partial charge in [0.05, 0.1) is 12.7 Å². The molecule has 0 aromatic carbocycles. The second-order valence-electron chi connectivity index (χ2n) is 3.98. The smallest absolute Gasteiger partial charge is 0.360 e. The van der Waals surface area contributed by atoms with Crippen LogP contribution in [-0.4, -0.2) is 41.9 Å². The molecule has 94 valence electrons. The van der Waals surface area contributed by atoms with Crippen molar-refractivity contribution in [2.45, 2.75) is 25.9 Å². The summed E-state index contributed by atoms with van der Waals surface area (Å²) in [5, 5.41) is 9.54. The van der Waals surface area contributed by atoms with Crippen molar-refractivity contribution in [3.05, 3.63) is 12.0 Å². The Kier molecular flexibility index (Phi) is 3.63. The van der Waals surface area contributed by atoms with Crippen molar-refractivity contribution in [1.82, 2.24) is 4.98 Å². The highest BCUT2D eigenvalue weighted by molar-refractivity contribution is 5.87. The van der Waals surface area contributed by atoms with Crippen LogP contribution in [-0.2, 0) is 4.74 Å². The number of nitrogens with zero attached hydrogens (tertiary/aromatic N) is 2. The lowest BCUT2D eigenvalue weighted by Crippen LogP contribution is -2.38. The number of oxazole rings is 1. The van der Waals surface area contributed by atoms with Crippen molar-refractivity contribution >= 4 is 12.0 Å². The average Bonchev–Trinajstić information content (AvgIpc) is 2.78. The average molecular weight is 240 g/mol. The third kappa shape index (κ3) is 2.76. The fourth-order valence-corrected chi connectivity index (χ4v) is 1.84. The fourth-order valence-electron chi connectivity index (χ4n) is 1.84. The van der Waals surface area contributed by atoms with E-state index < -0.39 is 5.97 Å². The van der Waals surface area contributed by atoms with Gasteiger partial charge in [0.2, 0.25) is 0 Å². The van der Waals surface area contributed by atoms with Crippen molar-refractivity contribution in [2.24, 2.45) is 0 Å². The quantitative estimate of drug-likeness (QED) is 0.788. The molecule has 2 rings (SSSR count). The Morgan fingerprint density at radius 2 is 2.59 bits per heavy atom. The molecular weight excluding hydrogens is 224 g/mol. The highest BCUT2D eigenvalue weighted by Gasteiger charge is 2.23. The third-order valence-electron chi connectivity index (χ3n) is 2.64. The van der Waals surface area contributed by atoms with Crippen molar-refractivity contribution in [1.29, 1.82) is 0 Å². The zero-order chi connectivity index (χ0) is 12.3. The predicted molar refractivity (Wildman–Crippen MR) is 59.9 cm³/mol. The van der Waals surface area contributed by atoms with Crippen LogP contribution >= 0.6 is 0 Å². The Bertz CT molecular complexity index is 391. The maximum absolute atomic E-state index is 11.4. The molecule has 1 aliphatic rings. The topological polar surface area (TPSA) is 75.8 Å². The lowest BCUT2D eigenvalue weighted by atomic mass is 10.1. The Balaban J connectivity index is 2.04. The van der Waals surface area contributed by atoms with Gasteiger partial charge in [-0.25, -0.2) is 4.79 Å². The zero-order valence-electron chi connectivity index (χ0n) is 9.76. The number of β-amino-alcohol motifs (C(OH)–C–C–N with tert-alkyl or cyclic N) is 1. The number of esters is 1. The zero-order valence-corrected chi connectivity index (χ0v) is 9.76. The number of hydrogen-bond donors (Lipinski definition) is 1.